The van der Waals surface area contributed by atoms with Crippen LogP contribution in [0.15, 0.2) is 48.9 Å². The average Bonchev–Trinajstić information content (AvgIpc) is 3.50. The number of halogens is 2. The largest absolute Gasteiger partial charge is 0.237 e. The van der Waals surface area contributed by atoms with Crippen LogP contribution >= 0.6 is 0 Å². The quantitative estimate of drug-likeness (QED) is 0.364. The fourth-order valence-electron chi connectivity index (χ4n) is 6.44. The maximum atomic E-state index is 14.5. The van der Waals surface area contributed by atoms with Crippen LogP contribution in [0.1, 0.15) is 55.3 Å². The smallest absolute Gasteiger partial charge is 0.155 e. The van der Waals surface area contributed by atoms with Crippen molar-refractivity contribution in [2.45, 2.75) is 44.4 Å². The fourth-order valence-corrected chi connectivity index (χ4v) is 6.99. The molecule has 2 bridgehead atoms. The van der Waals surface area contributed by atoms with E-state index >= 15 is 0 Å². The van der Waals surface area contributed by atoms with Gasteiger partial charge in [-0.1, -0.05) is 19.9 Å². The lowest BCUT2D eigenvalue weighted by Crippen LogP contribution is -2.37. The van der Waals surface area contributed by atoms with Gasteiger partial charge in [-0.25, -0.2) is 31.8 Å². The minimum Gasteiger partial charge on any atom is -0.237 e. The van der Waals surface area contributed by atoms with Crippen LogP contribution in [0.2, 0.25) is 0 Å². The van der Waals surface area contributed by atoms with E-state index in [9.17, 15) is 17.2 Å². The van der Waals surface area contributed by atoms with Crippen LogP contribution in [0, 0.1) is 17.0 Å². The Morgan fingerprint density at radius 1 is 1.08 bits per heavy atom. The van der Waals surface area contributed by atoms with Gasteiger partial charge in [0.2, 0.25) is 0 Å². The van der Waals surface area contributed by atoms with Crippen LogP contribution in [0.3, 0.4) is 0 Å². The van der Waals surface area contributed by atoms with E-state index in [2.05, 4.69) is 39.1 Å². The molecule has 196 valence electrons. The Hall–Kier alpha value is -3.60. The third-order valence-electron chi connectivity index (χ3n) is 8.31. The number of rotatable bonds is 6. The average molecular weight is 537 g/mol. The topological polar surface area (TPSA) is 104 Å². The van der Waals surface area contributed by atoms with E-state index in [1.165, 1.54) is 30.8 Å². The first-order chi connectivity index (χ1) is 18.0. The molecule has 0 amide bonds. The van der Waals surface area contributed by atoms with Gasteiger partial charge in [0, 0.05) is 24.3 Å². The Morgan fingerprint density at radius 2 is 1.84 bits per heavy atom. The highest BCUT2D eigenvalue weighted by molar-refractivity contribution is 7.90. The molecule has 11 heteroatoms. The molecule has 4 aromatic rings. The van der Waals surface area contributed by atoms with E-state index in [4.69, 9.17) is 0 Å². The SMILES string of the molecule is CC1(C)[C@H]2CC[C@]1(c1ccnc(-n3cnc(CCS(C)(=O)=O)n3)c1)c1nnc(-c3c(F)cccc3F)cc12. The van der Waals surface area contributed by atoms with Crippen LogP contribution in [0.5, 0.6) is 0 Å². The summed E-state index contributed by atoms with van der Waals surface area (Å²) < 4.78 is 53.6. The molecule has 1 saturated carbocycles. The number of sulfone groups is 1. The lowest BCUT2D eigenvalue weighted by atomic mass is 9.64. The van der Waals surface area contributed by atoms with E-state index < -0.39 is 26.9 Å². The zero-order chi connectivity index (χ0) is 26.9. The van der Waals surface area contributed by atoms with Gasteiger partial charge >= 0.3 is 0 Å². The molecule has 0 unspecified atom stereocenters. The van der Waals surface area contributed by atoms with Gasteiger partial charge in [-0.3, -0.25) is 0 Å². The fraction of sp³-hybridized carbons (Fsp3) is 0.370. The molecule has 0 radical (unpaired) electrons. The Kier molecular flexibility index (Phi) is 5.50. The monoisotopic (exact) mass is 536 g/mol. The second kappa shape index (κ2) is 8.45. The van der Waals surface area contributed by atoms with Crippen molar-refractivity contribution in [3.05, 3.63) is 83.2 Å². The highest BCUT2D eigenvalue weighted by Crippen LogP contribution is 2.69. The number of hydrogen-bond acceptors (Lipinski definition) is 7. The van der Waals surface area contributed by atoms with Crippen molar-refractivity contribution in [3.8, 4) is 17.1 Å². The molecule has 2 aliphatic carbocycles. The van der Waals surface area contributed by atoms with Crippen molar-refractivity contribution >= 4 is 9.84 Å². The number of aryl methyl sites for hydroxylation is 1. The van der Waals surface area contributed by atoms with Crippen LogP contribution in [-0.4, -0.2) is 50.4 Å². The second-order valence-electron chi connectivity index (χ2n) is 10.7. The van der Waals surface area contributed by atoms with Gasteiger partial charge in [0.1, 0.15) is 27.8 Å². The standard InChI is InChI=1S/C27H26F2N6O2S/c1-26(2)18-7-10-27(26,25-17(18)14-21(32-33-25)24-19(28)5-4-6-20(24)29)16-8-11-30-23(13-16)35-15-31-22(34-35)9-12-38(3,36)37/h4-6,8,11,13-15,18H,7,9-10,12H2,1-3H3/t18-,27-/m0/s1. The summed E-state index contributed by atoms with van der Waals surface area (Å²) in [5, 5.41) is 13.3. The van der Waals surface area contributed by atoms with E-state index in [1.54, 1.807) is 16.9 Å². The van der Waals surface area contributed by atoms with Gasteiger partial charge in [-0.2, -0.15) is 5.10 Å². The molecule has 2 atom stereocenters. The van der Waals surface area contributed by atoms with Crippen LogP contribution in [0.4, 0.5) is 8.78 Å². The summed E-state index contributed by atoms with van der Waals surface area (Å²) in [6, 6.07) is 9.50. The molecule has 6 rings (SSSR count). The minimum absolute atomic E-state index is 0.0304. The maximum Gasteiger partial charge on any atom is 0.155 e. The van der Waals surface area contributed by atoms with Crippen LogP contribution in [-0.2, 0) is 21.7 Å². The maximum absolute atomic E-state index is 14.5. The Morgan fingerprint density at radius 3 is 2.58 bits per heavy atom. The van der Waals surface area contributed by atoms with Gasteiger partial charge in [0.15, 0.2) is 11.6 Å². The summed E-state index contributed by atoms with van der Waals surface area (Å²) in [5.74, 6) is -0.241. The predicted octanol–water partition coefficient (Wildman–Crippen LogP) is 4.19. The molecule has 0 saturated heterocycles. The highest BCUT2D eigenvalue weighted by atomic mass is 32.2. The summed E-state index contributed by atoms with van der Waals surface area (Å²) in [6.45, 7) is 4.41. The van der Waals surface area contributed by atoms with E-state index in [1.807, 2.05) is 12.1 Å². The van der Waals surface area contributed by atoms with Crippen molar-refractivity contribution in [1.82, 2.24) is 29.9 Å². The van der Waals surface area contributed by atoms with E-state index in [-0.39, 0.29) is 34.8 Å². The number of aromatic nitrogens is 6. The summed E-state index contributed by atoms with van der Waals surface area (Å²) >= 11 is 0. The third-order valence-corrected chi connectivity index (χ3v) is 9.26. The molecule has 0 N–H and O–H groups in total. The Bertz CT molecular complexity index is 1670. The summed E-state index contributed by atoms with van der Waals surface area (Å²) in [7, 11) is -3.13. The number of pyridine rings is 1. The Balaban J connectivity index is 1.41. The summed E-state index contributed by atoms with van der Waals surface area (Å²) in [4.78, 5) is 8.73. The molecule has 1 fully saturated rings. The molecule has 2 aliphatic rings. The molecule has 0 spiro atoms. The highest BCUT2D eigenvalue weighted by Gasteiger charge is 2.64. The van der Waals surface area contributed by atoms with Crippen molar-refractivity contribution in [3.63, 3.8) is 0 Å². The van der Waals surface area contributed by atoms with Crippen LogP contribution in [0.25, 0.3) is 17.1 Å². The zero-order valence-corrected chi connectivity index (χ0v) is 22.0. The summed E-state index contributed by atoms with van der Waals surface area (Å²) in [6.07, 6.45) is 6.40. The summed E-state index contributed by atoms with van der Waals surface area (Å²) in [5.41, 5.74) is 2.11. The molecule has 3 aromatic heterocycles. The molecule has 0 aliphatic heterocycles. The van der Waals surface area contributed by atoms with Gasteiger partial charge in [0.05, 0.1) is 22.7 Å². The van der Waals surface area contributed by atoms with Gasteiger partial charge < -0.3 is 0 Å². The van der Waals surface area contributed by atoms with Gasteiger partial charge in [-0.15, -0.1) is 10.2 Å². The predicted molar refractivity (Wildman–Crippen MR) is 136 cm³/mol. The number of hydrogen-bond donors (Lipinski definition) is 0. The van der Waals surface area contributed by atoms with Crippen molar-refractivity contribution < 1.29 is 17.2 Å². The van der Waals surface area contributed by atoms with Crippen molar-refractivity contribution in [2.75, 3.05) is 12.0 Å². The zero-order valence-electron chi connectivity index (χ0n) is 21.2. The number of nitrogens with zero attached hydrogens (tertiary/aromatic N) is 6. The Labute approximate surface area is 219 Å². The lowest BCUT2D eigenvalue weighted by Gasteiger charge is -2.38. The first-order valence-corrected chi connectivity index (χ1v) is 14.4. The van der Waals surface area contributed by atoms with E-state index in [0.717, 1.165) is 29.7 Å². The molecule has 3 heterocycles. The van der Waals surface area contributed by atoms with E-state index in [0.29, 0.717) is 11.6 Å². The third kappa shape index (κ3) is 3.66. The normalized spacial score (nSPS) is 21.6. The van der Waals surface area contributed by atoms with Crippen molar-refractivity contribution in [2.24, 2.45) is 5.41 Å². The number of fused-ring (bicyclic) bond motifs is 5. The first kappa shape index (κ1) is 24.7. The first-order valence-electron chi connectivity index (χ1n) is 12.4. The van der Waals surface area contributed by atoms with Crippen LogP contribution < -0.4 is 0 Å². The lowest BCUT2D eigenvalue weighted by molar-refractivity contribution is 0.248. The molecular weight excluding hydrogens is 510 g/mol. The number of benzene rings is 1. The minimum atomic E-state index is -3.13. The molecule has 38 heavy (non-hydrogen) atoms. The van der Waals surface area contributed by atoms with Crippen molar-refractivity contribution in [1.29, 1.82) is 0 Å². The molecular formula is C27H26F2N6O2S. The van der Waals surface area contributed by atoms with Gasteiger partial charge in [-0.05, 0) is 65.6 Å². The molecule has 8 nitrogen and oxygen atoms in total. The second-order valence-corrected chi connectivity index (χ2v) is 13.0. The molecule has 1 aromatic carbocycles. The van der Waals surface area contributed by atoms with Gasteiger partial charge in [0.25, 0.3) is 0 Å².